The van der Waals surface area contributed by atoms with Crippen LogP contribution in [-0.2, 0) is 4.79 Å². The lowest BCUT2D eigenvalue weighted by molar-refractivity contribution is -0.146. The van der Waals surface area contributed by atoms with Crippen LogP contribution in [0.1, 0.15) is 6.42 Å². The van der Waals surface area contributed by atoms with Crippen molar-refractivity contribution in [3.63, 3.8) is 0 Å². The van der Waals surface area contributed by atoms with Gasteiger partial charge >= 0.3 is 12.0 Å². The molecule has 19 heavy (non-hydrogen) atoms. The van der Waals surface area contributed by atoms with Gasteiger partial charge in [0.1, 0.15) is 0 Å². The molecule has 1 rings (SSSR count). The first-order valence-corrected chi connectivity index (χ1v) is 7.18. The lowest BCUT2D eigenvalue weighted by Crippen LogP contribution is -2.33. The Morgan fingerprint density at radius 3 is 2.74 bits per heavy atom. The van der Waals surface area contributed by atoms with E-state index in [9.17, 15) is 9.59 Å². The summed E-state index contributed by atoms with van der Waals surface area (Å²) in [5, 5.41) is 22.6. The van der Waals surface area contributed by atoms with Gasteiger partial charge in [-0.1, -0.05) is 0 Å². The number of carbonyl (C=O) groups is 2. The number of aliphatic hydroxyl groups excluding tert-OH is 1. The number of anilines is 1. The average molecular weight is 443 g/mol. The van der Waals surface area contributed by atoms with Gasteiger partial charge in [0.15, 0.2) is 6.10 Å². The van der Waals surface area contributed by atoms with Crippen LogP contribution in [0.4, 0.5) is 10.5 Å². The summed E-state index contributed by atoms with van der Waals surface area (Å²) in [6.07, 6.45) is -1.51. The van der Waals surface area contributed by atoms with Crippen LogP contribution in [-0.4, -0.2) is 34.9 Å². The van der Waals surface area contributed by atoms with Crippen molar-refractivity contribution in [3.05, 3.63) is 26.2 Å². The number of aliphatic hydroxyl groups is 1. The third kappa shape index (κ3) is 5.74. The SMILES string of the molecule is O=C(NCCC(O)C(=O)O)Nc1cc(I)ccc1Br. The van der Waals surface area contributed by atoms with Gasteiger partial charge in [-0.25, -0.2) is 9.59 Å². The molecule has 0 bridgehead atoms. The highest BCUT2D eigenvalue weighted by molar-refractivity contribution is 14.1. The molecule has 0 saturated heterocycles. The Bertz CT molecular complexity index is 484. The molecule has 0 saturated carbocycles. The summed E-state index contributed by atoms with van der Waals surface area (Å²) in [5.74, 6) is -1.30. The molecule has 1 atom stereocenters. The minimum Gasteiger partial charge on any atom is -0.479 e. The molecule has 0 aliphatic heterocycles. The molecule has 4 N–H and O–H groups in total. The Labute approximate surface area is 131 Å². The van der Waals surface area contributed by atoms with Gasteiger partial charge in [-0.3, -0.25) is 0 Å². The Morgan fingerprint density at radius 2 is 2.11 bits per heavy atom. The Kier molecular flexibility index (Phi) is 6.52. The minimum atomic E-state index is -1.47. The number of hydrogen-bond donors (Lipinski definition) is 4. The lowest BCUT2D eigenvalue weighted by atomic mass is 10.2. The van der Waals surface area contributed by atoms with E-state index in [-0.39, 0.29) is 13.0 Å². The monoisotopic (exact) mass is 442 g/mol. The van der Waals surface area contributed by atoms with E-state index in [4.69, 9.17) is 10.2 Å². The van der Waals surface area contributed by atoms with E-state index in [1.54, 1.807) is 6.07 Å². The van der Waals surface area contributed by atoms with Crippen molar-refractivity contribution >= 4 is 56.2 Å². The van der Waals surface area contributed by atoms with E-state index in [2.05, 4.69) is 49.2 Å². The van der Waals surface area contributed by atoms with Gasteiger partial charge in [-0.15, -0.1) is 0 Å². The summed E-state index contributed by atoms with van der Waals surface area (Å²) in [5.41, 5.74) is 0.614. The number of amides is 2. The first kappa shape index (κ1) is 16.2. The van der Waals surface area contributed by atoms with Crippen LogP contribution in [0.15, 0.2) is 22.7 Å². The fourth-order valence-electron chi connectivity index (χ4n) is 1.21. The number of carboxylic acids is 1. The zero-order chi connectivity index (χ0) is 14.4. The number of hydrogen-bond acceptors (Lipinski definition) is 3. The molecule has 104 valence electrons. The first-order valence-electron chi connectivity index (χ1n) is 5.31. The average Bonchev–Trinajstić information content (AvgIpc) is 2.33. The molecule has 0 heterocycles. The quantitative estimate of drug-likeness (QED) is 0.524. The molecule has 6 nitrogen and oxygen atoms in total. The topological polar surface area (TPSA) is 98.7 Å². The molecule has 1 unspecified atom stereocenters. The van der Waals surface area contributed by atoms with E-state index in [1.165, 1.54) is 0 Å². The standard InChI is InChI=1S/C11H12BrIN2O4/c12-7-2-1-6(13)5-8(7)15-11(19)14-4-3-9(16)10(17)18/h1-2,5,9,16H,3-4H2,(H,17,18)(H2,14,15,19). The van der Waals surface area contributed by atoms with Crippen molar-refractivity contribution in [1.29, 1.82) is 0 Å². The lowest BCUT2D eigenvalue weighted by Gasteiger charge is -2.10. The van der Waals surface area contributed by atoms with Crippen molar-refractivity contribution in [2.45, 2.75) is 12.5 Å². The summed E-state index contributed by atoms with van der Waals surface area (Å²) < 4.78 is 1.71. The zero-order valence-electron chi connectivity index (χ0n) is 9.69. The number of aliphatic carboxylic acids is 1. The van der Waals surface area contributed by atoms with E-state index in [0.717, 1.165) is 8.04 Å². The summed E-state index contributed by atoms with van der Waals surface area (Å²) >= 11 is 5.43. The molecule has 2 amide bonds. The normalized spacial score (nSPS) is 11.7. The molecule has 1 aromatic carbocycles. The maximum Gasteiger partial charge on any atom is 0.332 e. The molecular formula is C11H12BrIN2O4. The largest absolute Gasteiger partial charge is 0.479 e. The molecule has 8 heteroatoms. The van der Waals surface area contributed by atoms with E-state index < -0.39 is 18.1 Å². The maximum absolute atomic E-state index is 11.6. The highest BCUT2D eigenvalue weighted by Crippen LogP contribution is 2.24. The molecule has 0 aromatic heterocycles. The van der Waals surface area contributed by atoms with Gasteiger partial charge in [0, 0.05) is 21.0 Å². The summed E-state index contributed by atoms with van der Waals surface area (Å²) in [4.78, 5) is 21.9. The van der Waals surface area contributed by atoms with E-state index in [0.29, 0.717) is 5.69 Å². The predicted octanol–water partition coefficient (Wildman–Crippen LogP) is 2.01. The summed E-state index contributed by atoms with van der Waals surface area (Å²) in [6.45, 7) is 0.0703. The van der Waals surface area contributed by atoms with Crippen LogP contribution in [0.3, 0.4) is 0 Å². The summed E-state index contributed by atoms with van der Waals surface area (Å²) in [7, 11) is 0. The second-order valence-electron chi connectivity index (χ2n) is 3.65. The van der Waals surface area contributed by atoms with Gasteiger partial charge in [-0.05, 0) is 56.7 Å². The second-order valence-corrected chi connectivity index (χ2v) is 5.75. The van der Waals surface area contributed by atoms with Crippen molar-refractivity contribution < 1.29 is 19.8 Å². The van der Waals surface area contributed by atoms with Gasteiger partial charge in [0.25, 0.3) is 0 Å². The minimum absolute atomic E-state index is 0.0454. The van der Waals surface area contributed by atoms with Crippen molar-refractivity contribution in [2.24, 2.45) is 0 Å². The number of carbonyl (C=O) groups excluding carboxylic acids is 1. The number of nitrogens with one attached hydrogen (secondary N) is 2. The van der Waals surface area contributed by atoms with Gasteiger partial charge in [0.2, 0.25) is 0 Å². The molecule has 0 fully saturated rings. The summed E-state index contributed by atoms with van der Waals surface area (Å²) in [6, 6.07) is 5.03. The fourth-order valence-corrected chi connectivity index (χ4v) is 2.04. The highest BCUT2D eigenvalue weighted by Gasteiger charge is 2.13. The van der Waals surface area contributed by atoms with Crippen LogP contribution < -0.4 is 10.6 Å². The molecule has 0 aliphatic carbocycles. The van der Waals surface area contributed by atoms with Crippen LogP contribution >= 0.6 is 38.5 Å². The van der Waals surface area contributed by atoms with Gasteiger partial charge < -0.3 is 20.8 Å². The maximum atomic E-state index is 11.6. The highest BCUT2D eigenvalue weighted by atomic mass is 127. The van der Waals surface area contributed by atoms with Crippen LogP contribution in [0.5, 0.6) is 0 Å². The van der Waals surface area contributed by atoms with Gasteiger partial charge in [-0.2, -0.15) is 0 Å². The zero-order valence-corrected chi connectivity index (χ0v) is 13.4. The van der Waals surface area contributed by atoms with Crippen molar-refractivity contribution in [3.8, 4) is 0 Å². The van der Waals surface area contributed by atoms with Crippen molar-refractivity contribution in [2.75, 3.05) is 11.9 Å². The smallest absolute Gasteiger partial charge is 0.332 e. The molecular weight excluding hydrogens is 431 g/mol. The Balaban J connectivity index is 2.43. The molecule has 1 aromatic rings. The van der Waals surface area contributed by atoms with Gasteiger partial charge in [0.05, 0.1) is 5.69 Å². The van der Waals surface area contributed by atoms with Crippen LogP contribution in [0, 0.1) is 3.57 Å². The van der Waals surface area contributed by atoms with Crippen molar-refractivity contribution in [1.82, 2.24) is 5.32 Å². The molecule has 0 aliphatic rings. The first-order chi connectivity index (χ1) is 8.90. The van der Waals surface area contributed by atoms with E-state index in [1.807, 2.05) is 12.1 Å². The third-order valence-corrected chi connectivity index (χ3v) is 3.53. The molecule has 0 spiro atoms. The third-order valence-electron chi connectivity index (χ3n) is 2.16. The van der Waals surface area contributed by atoms with E-state index >= 15 is 0 Å². The number of halogens is 2. The predicted molar refractivity (Wildman–Crippen MR) is 82.1 cm³/mol. The van der Waals surface area contributed by atoms with Crippen LogP contribution in [0.2, 0.25) is 0 Å². The molecule has 0 radical (unpaired) electrons. The Morgan fingerprint density at radius 1 is 1.42 bits per heavy atom. The number of urea groups is 1. The van der Waals surface area contributed by atoms with Crippen LogP contribution in [0.25, 0.3) is 0 Å². The Hall–Kier alpha value is -0.870. The second kappa shape index (κ2) is 7.65. The number of rotatable bonds is 5. The number of carboxylic acid groups (broad SMARTS) is 1. The number of benzene rings is 1. The fraction of sp³-hybridized carbons (Fsp3) is 0.273.